The summed E-state index contributed by atoms with van der Waals surface area (Å²) in [5.74, 6) is -4.02. The van der Waals surface area contributed by atoms with E-state index in [-0.39, 0.29) is 71.8 Å². The topological polar surface area (TPSA) is 148 Å². The number of ether oxygens (including phenoxy) is 2. The summed E-state index contributed by atoms with van der Waals surface area (Å²) in [7, 11) is -3.99. The minimum atomic E-state index is -3.99. The van der Waals surface area contributed by atoms with E-state index in [9.17, 15) is 22.8 Å². The number of hydrogen-bond acceptors (Lipinski definition) is 8. The van der Waals surface area contributed by atoms with Gasteiger partial charge in [-0.05, 0) is 84.8 Å². The lowest BCUT2D eigenvalue weighted by Crippen LogP contribution is -2.59. The van der Waals surface area contributed by atoms with Crippen molar-refractivity contribution in [1.82, 2.24) is 10.0 Å². The molecule has 15 heteroatoms. The number of fused-ring (bicyclic) bond motifs is 2. The van der Waals surface area contributed by atoms with Crippen molar-refractivity contribution >= 4 is 62.7 Å². The molecule has 3 atom stereocenters. The van der Waals surface area contributed by atoms with Gasteiger partial charge in [-0.25, -0.2) is 27.2 Å². The third-order valence-corrected chi connectivity index (χ3v) is 10.7. The summed E-state index contributed by atoms with van der Waals surface area (Å²) in [6, 6.07) is 11.8. The molecule has 1 fully saturated rings. The van der Waals surface area contributed by atoms with E-state index in [2.05, 4.69) is 5.32 Å². The lowest BCUT2D eigenvalue weighted by molar-refractivity contribution is -0.136. The average Bonchev–Trinajstić information content (AvgIpc) is 3.31. The number of anilines is 1. The highest BCUT2D eigenvalue weighted by Gasteiger charge is 2.65. The van der Waals surface area contributed by atoms with Crippen molar-refractivity contribution in [3.8, 4) is 5.75 Å². The molecule has 1 unspecified atom stereocenters. The van der Waals surface area contributed by atoms with E-state index in [0.717, 1.165) is 11.2 Å². The molecule has 1 spiro atoms. The van der Waals surface area contributed by atoms with Crippen LogP contribution in [0.3, 0.4) is 0 Å². The third-order valence-electron chi connectivity index (χ3n) is 9.66. The van der Waals surface area contributed by atoms with Crippen molar-refractivity contribution in [2.45, 2.75) is 84.3 Å². The predicted molar refractivity (Wildman–Crippen MR) is 201 cm³/mol. The van der Waals surface area contributed by atoms with Gasteiger partial charge in [0.05, 0.1) is 24.6 Å². The summed E-state index contributed by atoms with van der Waals surface area (Å²) in [5.41, 5.74) is -2.15. The molecular formula is C38H44Cl2FN3O8S. The Hall–Kier alpha value is -4.20. The molecule has 286 valence electrons. The zero-order chi connectivity index (χ0) is 38.3. The maximum absolute atomic E-state index is 15.4. The van der Waals surface area contributed by atoms with Crippen LogP contribution in [0.1, 0.15) is 88.6 Å². The number of carbonyl (C=O) groups excluding carboxylic acids is 4. The van der Waals surface area contributed by atoms with Crippen molar-refractivity contribution in [2.24, 2.45) is 5.92 Å². The van der Waals surface area contributed by atoms with Gasteiger partial charge in [0.1, 0.15) is 17.0 Å². The van der Waals surface area contributed by atoms with Gasteiger partial charge in [0.25, 0.3) is 5.91 Å². The van der Waals surface area contributed by atoms with Crippen LogP contribution in [0.2, 0.25) is 10.0 Å². The third kappa shape index (κ3) is 7.74. The van der Waals surface area contributed by atoms with Gasteiger partial charge in [-0.1, -0.05) is 70.5 Å². The number of halogens is 3. The van der Waals surface area contributed by atoms with E-state index in [1.54, 1.807) is 32.9 Å². The van der Waals surface area contributed by atoms with Crippen LogP contribution < -0.4 is 19.7 Å². The molecule has 0 radical (unpaired) electrons. The molecule has 2 N–H and O–H groups in total. The monoisotopic (exact) mass is 791 g/mol. The first-order valence-corrected chi connectivity index (χ1v) is 19.4. The fourth-order valence-electron chi connectivity index (χ4n) is 7.15. The van der Waals surface area contributed by atoms with Gasteiger partial charge in [-0.3, -0.25) is 14.4 Å². The van der Waals surface area contributed by atoms with Crippen LogP contribution >= 0.6 is 23.2 Å². The highest BCUT2D eigenvalue weighted by Crippen LogP contribution is 2.61. The standard InChI is InChI=1S/C37H40Cl2FN3O8S.CH4/c1-7-36(8-2,33(45)42-52(6,48)49)51-30-14-11-22(38)15-26(30)28-18-31(44)41-32(25-17-24(40)12-9-21(25)5)37(28)27-13-10-23(39)16-29(27)43(34(37)46)35(47)50-19-20(3)4;/h9-17,20,28,32H,7-8,18-19H2,1-6H3,(H,41,44)(H,42,45);1H4/t28?,32-,37+;/m0./s1. The fourth-order valence-corrected chi connectivity index (χ4v) is 8.02. The molecule has 1 saturated heterocycles. The Morgan fingerprint density at radius 2 is 1.68 bits per heavy atom. The quantitative estimate of drug-likeness (QED) is 0.214. The number of rotatable bonds is 10. The number of benzene rings is 3. The molecule has 0 saturated carbocycles. The molecule has 2 heterocycles. The number of sulfonamides is 1. The van der Waals surface area contributed by atoms with Crippen LogP contribution in [0.15, 0.2) is 54.6 Å². The Morgan fingerprint density at radius 3 is 2.30 bits per heavy atom. The maximum atomic E-state index is 15.4. The smallest absolute Gasteiger partial charge is 0.421 e. The zero-order valence-electron chi connectivity index (χ0n) is 29.5. The molecule has 2 aliphatic heterocycles. The number of aryl methyl sites for hydroxylation is 1. The van der Waals surface area contributed by atoms with E-state index < -0.39 is 62.6 Å². The van der Waals surface area contributed by atoms with Crippen LogP contribution in [-0.2, 0) is 34.6 Å². The number of nitrogens with one attached hydrogen (secondary N) is 2. The van der Waals surface area contributed by atoms with E-state index >= 15 is 9.18 Å². The van der Waals surface area contributed by atoms with E-state index in [0.29, 0.717) is 11.1 Å². The summed E-state index contributed by atoms with van der Waals surface area (Å²) in [4.78, 5) is 57.5. The highest BCUT2D eigenvalue weighted by atomic mass is 35.5. The maximum Gasteiger partial charge on any atom is 0.421 e. The minimum Gasteiger partial charge on any atom is -0.477 e. The van der Waals surface area contributed by atoms with Gasteiger partial charge in [0, 0.05) is 27.9 Å². The molecule has 0 aromatic heterocycles. The molecule has 53 heavy (non-hydrogen) atoms. The Labute approximate surface area is 319 Å². The first-order chi connectivity index (χ1) is 24.4. The molecule has 0 bridgehead atoms. The second-order valence-corrected chi connectivity index (χ2v) is 16.2. The Kier molecular flexibility index (Phi) is 12.3. The molecule has 5 rings (SSSR count). The Bertz CT molecular complexity index is 2060. The summed E-state index contributed by atoms with van der Waals surface area (Å²) in [5, 5.41) is 3.33. The van der Waals surface area contributed by atoms with Crippen LogP contribution in [0.25, 0.3) is 0 Å². The molecule has 0 aliphatic carbocycles. The Morgan fingerprint density at radius 1 is 1.04 bits per heavy atom. The van der Waals surface area contributed by atoms with Crippen LogP contribution in [0.4, 0.5) is 14.9 Å². The number of amides is 4. The Balaban J connectivity index is 0.00000627. The van der Waals surface area contributed by atoms with Crippen molar-refractivity contribution in [1.29, 1.82) is 0 Å². The number of carbonyl (C=O) groups is 4. The first-order valence-electron chi connectivity index (χ1n) is 16.8. The number of nitrogens with zero attached hydrogens (tertiary/aromatic N) is 1. The van der Waals surface area contributed by atoms with Crippen molar-refractivity contribution in [3.05, 3.63) is 92.7 Å². The van der Waals surface area contributed by atoms with Gasteiger partial charge in [-0.15, -0.1) is 0 Å². The molecule has 11 nitrogen and oxygen atoms in total. The summed E-state index contributed by atoms with van der Waals surface area (Å²) >= 11 is 13.1. The van der Waals surface area contributed by atoms with Gasteiger partial charge in [-0.2, -0.15) is 0 Å². The summed E-state index contributed by atoms with van der Waals surface area (Å²) < 4.78 is 53.4. The lowest BCUT2D eigenvalue weighted by Gasteiger charge is -2.47. The first kappa shape index (κ1) is 41.6. The summed E-state index contributed by atoms with van der Waals surface area (Å²) in [6.45, 7) is 8.69. The van der Waals surface area contributed by atoms with Gasteiger partial charge in [0.15, 0.2) is 5.60 Å². The zero-order valence-corrected chi connectivity index (χ0v) is 31.8. The van der Waals surface area contributed by atoms with Gasteiger partial charge in [0.2, 0.25) is 21.8 Å². The number of piperidine rings is 1. The van der Waals surface area contributed by atoms with Gasteiger partial charge >= 0.3 is 6.09 Å². The molecular weight excluding hydrogens is 748 g/mol. The predicted octanol–water partition coefficient (Wildman–Crippen LogP) is 7.51. The largest absolute Gasteiger partial charge is 0.477 e. The van der Waals surface area contributed by atoms with E-state index in [1.165, 1.54) is 42.5 Å². The van der Waals surface area contributed by atoms with E-state index in [4.69, 9.17) is 32.7 Å². The molecule has 4 amide bonds. The van der Waals surface area contributed by atoms with Gasteiger partial charge < -0.3 is 14.8 Å². The van der Waals surface area contributed by atoms with Crippen LogP contribution in [-0.4, -0.2) is 50.7 Å². The summed E-state index contributed by atoms with van der Waals surface area (Å²) in [6.07, 6.45) is -0.402. The van der Waals surface area contributed by atoms with Crippen LogP contribution in [0, 0.1) is 18.7 Å². The highest BCUT2D eigenvalue weighted by molar-refractivity contribution is 7.89. The van der Waals surface area contributed by atoms with Crippen molar-refractivity contribution in [3.63, 3.8) is 0 Å². The van der Waals surface area contributed by atoms with E-state index in [1.807, 2.05) is 18.6 Å². The second kappa shape index (κ2) is 15.6. The number of hydrogen-bond donors (Lipinski definition) is 2. The molecule has 2 aliphatic rings. The normalized spacial score (nSPS) is 19.8. The number of imide groups is 1. The molecule has 3 aromatic carbocycles. The molecule has 3 aromatic rings. The van der Waals surface area contributed by atoms with Crippen molar-refractivity contribution in [2.75, 3.05) is 17.8 Å². The fraction of sp³-hybridized carbons (Fsp3) is 0.421. The average molecular weight is 793 g/mol. The van der Waals surface area contributed by atoms with Crippen LogP contribution in [0.5, 0.6) is 5.75 Å². The SMILES string of the molecule is C.CCC(CC)(Oc1ccc(Cl)cc1C1CC(=O)N[C@@H](c2cc(F)ccc2C)[C@]12C(=O)N(C(=O)OCC(C)C)c1cc(Cl)ccc12)C(=O)NS(C)(=O)=O. The minimum absolute atomic E-state index is 0. The van der Waals surface area contributed by atoms with Crippen molar-refractivity contribution < 1.29 is 41.5 Å². The second-order valence-electron chi connectivity index (χ2n) is 13.6. The lowest BCUT2D eigenvalue weighted by atomic mass is 9.58.